The van der Waals surface area contributed by atoms with E-state index in [2.05, 4.69) is 28.2 Å². The molecule has 1 fully saturated rings. The summed E-state index contributed by atoms with van der Waals surface area (Å²) < 4.78 is 0.905. The number of halogens is 1. The largest absolute Gasteiger partial charge is 0.347 e. The first-order chi connectivity index (χ1) is 8.52. The summed E-state index contributed by atoms with van der Waals surface area (Å²) in [5.74, 6) is 0.0370. The minimum atomic E-state index is -0.0292. The monoisotopic (exact) mass is 309 g/mol. The second kappa shape index (κ2) is 5.43. The lowest BCUT2D eigenvalue weighted by atomic mass is 9.83. The van der Waals surface area contributed by atoms with Crippen LogP contribution in [0.15, 0.2) is 22.7 Å². The average Bonchev–Trinajstić information content (AvgIpc) is 2.33. The van der Waals surface area contributed by atoms with Crippen molar-refractivity contribution in [3.8, 4) is 0 Å². The first-order valence-electron chi connectivity index (χ1n) is 6.59. The van der Waals surface area contributed by atoms with E-state index in [0.29, 0.717) is 0 Å². The lowest BCUT2D eigenvalue weighted by molar-refractivity contribution is 0.0882. The quantitative estimate of drug-likeness (QED) is 0.871. The van der Waals surface area contributed by atoms with Gasteiger partial charge < -0.3 is 5.32 Å². The number of benzene rings is 1. The van der Waals surface area contributed by atoms with E-state index in [1.165, 1.54) is 19.3 Å². The van der Waals surface area contributed by atoms with Gasteiger partial charge in [0.15, 0.2) is 0 Å². The molecule has 0 spiro atoms. The maximum Gasteiger partial charge on any atom is 0.252 e. The maximum atomic E-state index is 12.4. The van der Waals surface area contributed by atoms with Crippen molar-refractivity contribution in [2.24, 2.45) is 0 Å². The number of hydrogen-bond acceptors (Lipinski definition) is 1. The van der Waals surface area contributed by atoms with E-state index in [4.69, 9.17) is 0 Å². The number of nitrogens with one attached hydrogen (secondary N) is 1. The van der Waals surface area contributed by atoms with Gasteiger partial charge in [-0.1, -0.05) is 31.4 Å². The van der Waals surface area contributed by atoms with Crippen LogP contribution in [0.1, 0.15) is 54.9 Å². The third-order valence-corrected chi connectivity index (χ3v) is 4.86. The molecule has 0 aliphatic heterocycles. The van der Waals surface area contributed by atoms with Crippen molar-refractivity contribution in [2.75, 3.05) is 0 Å². The fraction of sp³-hybridized carbons (Fsp3) is 0.533. The summed E-state index contributed by atoms with van der Waals surface area (Å²) in [7, 11) is 0. The third kappa shape index (κ3) is 2.94. The van der Waals surface area contributed by atoms with Gasteiger partial charge in [0.1, 0.15) is 0 Å². The van der Waals surface area contributed by atoms with Gasteiger partial charge in [0, 0.05) is 10.0 Å². The van der Waals surface area contributed by atoms with E-state index >= 15 is 0 Å². The van der Waals surface area contributed by atoms with Crippen LogP contribution in [-0.4, -0.2) is 11.4 Å². The second-order valence-electron chi connectivity index (χ2n) is 5.51. The van der Waals surface area contributed by atoms with Crippen molar-refractivity contribution in [1.29, 1.82) is 0 Å². The zero-order valence-corrected chi connectivity index (χ0v) is 12.6. The summed E-state index contributed by atoms with van der Waals surface area (Å²) in [5, 5.41) is 3.21. The maximum absolute atomic E-state index is 12.4. The van der Waals surface area contributed by atoms with Crippen LogP contribution in [0.2, 0.25) is 0 Å². The highest BCUT2D eigenvalue weighted by Gasteiger charge is 2.29. The van der Waals surface area contributed by atoms with Crippen LogP contribution < -0.4 is 5.32 Å². The molecular formula is C15H20BrNO. The molecule has 0 saturated heterocycles. The predicted molar refractivity (Wildman–Crippen MR) is 77.8 cm³/mol. The second-order valence-corrected chi connectivity index (χ2v) is 6.30. The summed E-state index contributed by atoms with van der Waals surface area (Å²) in [6, 6.07) is 5.81. The van der Waals surface area contributed by atoms with E-state index in [1.807, 2.05) is 25.1 Å². The molecule has 0 atom stereocenters. The van der Waals surface area contributed by atoms with E-state index in [-0.39, 0.29) is 11.4 Å². The van der Waals surface area contributed by atoms with E-state index in [0.717, 1.165) is 28.4 Å². The standard InChI is InChI=1S/C15H20BrNO/c1-11-7-6-8-12(13(11)16)14(18)17-15(2)9-4-3-5-10-15/h6-8H,3-5,9-10H2,1-2H3,(H,17,18). The van der Waals surface area contributed by atoms with Gasteiger partial charge in [-0.05, 0) is 54.2 Å². The molecule has 1 aromatic rings. The van der Waals surface area contributed by atoms with E-state index < -0.39 is 0 Å². The molecule has 1 amide bonds. The fourth-order valence-electron chi connectivity index (χ4n) is 2.62. The van der Waals surface area contributed by atoms with Crippen LogP contribution in [0.25, 0.3) is 0 Å². The van der Waals surface area contributed by atoms with E-state index in [9.17, 15) is 4.79 Å². The molecule has 1 aliphatic carbocycles. The molecule has 1 N–H and O–H groups in total. The molecular weight excluding hydrogens is 290 g/mol. The minimum Gasteiger partial charge on any atom is -0.347 e. The number of hydrogen-bond donors (Lipinski definition) is 1. The topological polar surface area (TPSA) is 29.1 Å². The predicted octanol–water partition coefficient (Wildman–Crippen LogP) is 4.21. The summed E-state index contributed by atoms with van der Waals surface area (Å²) in [4.78, 5) is 12.4. The number of carbonyl (C=O) groups is 1. The zero-order valence-electron chi connectivity index (χ0n) is 11.1. The minimum absolute atomic E-state index is 0.0292. The first kappa shape index (κ1) is 13.6. The van der Waals surface area contributed by atoms with Crippen LogP contribution in [-0.2, 0) is 0 Å². The Balaban J connectivity index is 2.14. The van der Waals surface area contributed by atoms with Crippen LogP contribution in [0.4, 0.5) is 0 Å². The molecule has 0 bridgehead atoms. The summed E-state index contributed by atoms with van der Waals surface area (Å²) in [6.07, 6.45) is 5.89. The van der Waals surface area contributed by atoms with Crippen molar-refractivity contribution >= 4 is 21.8 Å². The Hall–Kier alpha value is -0.830. The molecule has 0 heterocycles. The average molecular weight is 310 g/mol. The van der Waals surface area contributed by atoms with Crippen molar-refractivity contribution < 1.29 is 4.79 Å². The van der Waals surface area contributed by atoms with Gasteiger partial charge in [-0.3, -0.25) is 4.79 Å². The van der Waals surface area contributed by atoms with Gasteiger partial charge in [-0.25, -0.2) is 0 Å². The van der Waals surface area contributed by atoms with Crippen LogP contribution >= 0.6 is 15.9 Å². The number of aryl methyl sites for hydroxylation is 1. The van der Waals surface area contributed by atoms with Gasteiger partial charge in [-0.2, -0.15) is 0 Å². The molecule has 2 nitrogen and oxygen atoms in total. The fourth-order valence-corrected chi connectivity index (χ4v) is 3.07. The lowest BCUT2D eigenvalue weighted by Gasteiger charge is -2.34. The van der Waals surface area contributed by atoms with E-state index in [1.54, 1.807) is 0 Å². The van der Waals surface area contributed by atoms with Crippen LogP contribution in [0.5, 0.6) is 0 Å². The molecule has 0 unspecified atom stereocenters. The number of rotatable bonds is 2. The molecule has 18 heavy (non-hydrogen) atoms. The van der Waals surface area contributed by atoms with Gasteiger partial charge in [-0.15, -0.1) is 0 Å². The highest BCUT2D eigenvalue weighted by atomic mass is 79.9. The Bertz CT molecular complexity index is 450. The van der Waals surface area contributed by atoms with Crippen LogP contribution in [0.3, 0.4) is 0 Å². The highest BCUT2D eigenvalue weighted by molar-refractivity contribution is 9.10. The summed E-state index contributed by atoms with van der Waals surface area (Å²) in [5.41, 5.74) is 1.80. The van der Waals surface area contributed by atoms with Crippen molar-refractivity contribution in [3.63, 3.8) is 0 Å². The van der Waals surface area contributed by atoms with Gasteiger partial charge in [0.05, 0.1) is 5.56 Å². The number of amides is 1. The molecule has 2 rings (SSSR count). The molecule has 0 aromatic heterocycles. The summed E-state index contributed by atoms with van der Waals surface area (Å²) in [6.45, 7) is 4.16. The molecule has 1 saturated carbocycles. The molecule has 1 aromatic carbocycles. The Morgan fingerprint density at radius 3 is 2.61 bits per heavy atom. The molecule has 1 aliphatic rings. The lowest BCUT2D eigenvalue weighted by Crippen LogP contribution is -2.47. The van der Waals surface area contributed by atoms with Gasteiger partial charge >= 0.3 is 0 Å². The summed E-state index contributed by atoms with van der Waals surface area (Å²) >= 11 is 3.50. The Kier molecular flexibility index (Phi) is 4.10. The van der Waals surface area contributed by atoms with Crippen molar-refractivity contribution in [1.82, 2.24) is 5.32 Å². The molecule has 0 radical (unpaired) electrons. The highest BCUT2D eigenvalue weighted by Crippen LogP contribution is 2.29. The zero-order chi connectivity index (χ0) is 13.2. The van der Waals surface area contributed by atoms with Crippen LogP contribution in [0, 0.1) is 6.92 Å². The van der Waals surface area contributed by atoms with Crippen molar-refractivity contribution in [2.45, 2.75) is 51.5 Å². The third-order valence-electron chi connectivity index (χ3n) is 3.81. The smallest absolute Gasteiger partial charge is 0.252 e. The SMILES string of the molecule is Cc1cccc(C(=O)NC2(C)CCCCC2)c1Br. The van der Waals surface area contributed by atoms with Gasteiger partial charge in [0.2, 0.25) is 0 Å². The Morgan fingerprint density at radius 2 is 1.94 bits per heavy atom. The molecule has 3 heteroatoms. The number of carbonyl (C=O) groups excluding carboxylic acids is 1. The van der Waals surface area contributed by atoms with Crippen molar-refractivity contribution in [3.05, 3.63) is 33.8 Å². The van der Waals surface area contributed by atoms with Gasteiger partial charge in [0.25, 0.3) is 5.91 Å². The normalized spacial score (nSPS) is 18.4. The first-order valence-corrected chi connectivity index (χ1v) is 7.39. The Labute approximate surface area is 117 Å². The Morgan fingerprint density at radius 1 is 1.28 bits per heavy atom. The molecule has 98 valence electrons.